The van der Waals surface area contributed by atoms with Gasteiger partial charge in [-0.3, -0.25) is 4.68 Å². The first-order chi connectivity index (χ1) is 7.65. The van der Waals surface area contributed by atoms with Crippen LogP contribution >= 0.6 is 0 Å². The average molecular weight is 223 g/mol. The van der Waals surface area contributed by atoms with Gasteiger partial charge in [-0.1, -0.05) is 33.6 Å². The molecule has 0 aliphatic heterocycles. The van der Waals surface area contributed by atoms with Crippen molar-refractivity contribution in [1.82, 2.24) is 9.78 Å². The summed E-state index contributed by atoms with van der Waals surface area (Å²) in [6.45, 7) is 6.63. The van der Waals surface area contributed by atoms with Gasteiger partial charge in [0.15, 0.2) is 0 Å². The monoisotopic (exact) mass is 223 g/mol. The molecular weight excluding hydrogens is 198 g/mol. The molecule has 0 aliphatic carbocycles. The molecule has 1 aromatic heterocycles. The van der Waals surface area contributed by atoms with Gasteiger partial charge in [0, 0.05) is 18.5 Å². The zero-order valence-electron chi connectivity index (χ0n) is 11.1. The molecule has 16 heavy (non-hydrogen) atoms. The molecule has 1 unspecified atom stereocenters. The Morgan fingerprint density at radius 2 is 2.00 bits per heavy atom. The number of hydrogen-bond acceptors (Lipinski definition) is 2. The van der Waals surface area contributed by atoms with E-state index in [0.29, 0.717) is 5.92 Å². The summed E-state index contributed by atoms with van der Waals surface area (Å²) in [5.74, 6) is 1.42. The fraction of sp³-hybridized carbons (Fsp3) is 0.769. The standard InChI is InChI=1S/C13H25N3/c1-5-8-9-10(6-2)12-11(7-3)13(14)16(4)15-12/h10H,5-9,14H2,1-4H3. The predicted molar refractivity (Wildman–Crippen MR) is 69.6 cm³/mol. The number of nitrogen functional groups attached to an aromatic ring is 1. The number of nitrogens with zero attached hydrogens (tertiary/aromatic N) is 2. The fourth-order valence-corrected chi connectivity index (χ4v) is 2.28. The molecule has 2 N–H and O–H groups in total. The molecule has 1 aromatic rings. The van der Waals surface area contributed by atoms with Gasteiger partial charge >= 0.3 is 0 Å². The van der Waals surface area contributed by atoms with E-state index in [2.05, 4.69) is 25.9 Å². The van der Waals surface area contributed by atoms with Crippen LogP contribution in [-0.4, -0.2) is 9.78 Å². The third-order valence-electron chi connectivity index (χ3n) is 3.36. The molecular formula is C13H25N3. The summed E-state index contributed by atoms with van der Waals surface area (Å²) < 4.78 is 1.82. The topological polar surface area (TPSA) is 43.8 Å². The molecule has 0 saturated carbocycles. The predicted octanol–water partition coefficient (Wildman–Crippen LogP) is 3.25. The average Bonchev–Trinajstić information content (AvgIpc) is 2.56. The van der Waals surface area contributed by atoms with E-state index in [9.17, 15) is 0 Å². The fourth-order valence-electron chi connectivity index (χ4n) is 2.28. The molecule has 0 aliphatic rings. The highest BCUT2D eigenvalue weighted by Crippen LogP contribution is 2.30. The number of aryl methyl sites for hydroxylation is 1. The maximum Gasteiger partial charge on any atom is 0.124 e. The van der Waals surface area contributed by atoms with Crippen molar-refractivity contribution >= 4 is 5.82 Å². The number of rotatable bonds is 6. The van der Waals surface area contributed by atoms with Crippen LogP contribution in [0, 0.1) is 0 Å². The van der Waals surface area contributed by atoms with Gasteiger partial charge in [0.25, 0.3) is 0 Å². The van der Waals surface area contributed by atoms with Gasteiger partial charge in [0.2, 0.25) is 0 Å². The molecule has 0 fully saturated rings. The van der Waals surface area contributed by atoms with Gasteiger partial charge in [-0.05, 0) is 19.3 Å². The number of hydrogen-bond donors (Lipinski definition) is 1. The molecule has 92 valence electrons. The summed E-state index contributed by atoms with van der Waals surface area (Å²) in [5.41, 5.74) is 8.53. The largest absolute Gasteiger partial charge is 0.384 e. The van der Waals surface area contributed by atoms with E-state index < -0.39 is 0 Å². The summed E-state index contributed by atoms with van der Waals surface area (Å²) >= 11 is 0. The van der Waals surface area contributed by atoms with Gasteiger partial charge in [0.05, 0.1) is 5.69 Å². The van der Waals surface area contributed by atoms with Crippen molar-refractivity contribution in [3.63, 3.8) is 0 Å². The van der Waals surface area contributed by atoms with Crippen LogP contribution in [0.4, 0.5) is 5.82 Å². The highest BCUT2D eigenvalue weighted by Gasteiger charge is 2.19. The van der Waals surface area contributed by atoms with Gasteiger partial charge in [0.1, 0.15) is 5.82 Å². The van der Waals surface area contributed by atoms with Crippen LogP contribution in [-0.2, 0) is 13.5 Å². The van der Waals surface area contributed by atoms with E-state index in [0.717, 1.165) is 18.7 Å². The second-order valence-corrected chi connectivity index (χ2v) is 4.47. The van der Waals surface area contributed by atoms with Crippen molar-refractivity contribution in [2.24, 2.45) is 7.05 Å². The normalized spacial score (nSPS) is 13.0. The van der Waals surface area contributed by atoms with Gasteiger partial charge in [-0.15, -0.1) is 0 Å². The quantitative estimate of drug-likeness (QED) is 0.804. The smallest absolute Gasteiger partial charge is 0.124 e. The minimum absolute atomic E-state index is 0.582. The van der Waals surface area contributed by atoms with Crippen molar-refractivity contribution in [1.29, 1.82) is 0 Å². The SMILES string of the molecule is CCCCC(CC)c1nn(C)c(N)c1CC. The zero-order chi connectivity index (χ0) is 12.1. The minimum atomic E-state index is 0.582. The highest BCUT2D eigenvalue weighted by molar-refractivity contribution is 5.44. The van der Waals surface area contributed by atoms with Gasteiger partial charge in [-0.2, -0.15) is 5.10 Å². The Hall–Kier alpha value is -0.990. The molecule has 1 rings (SSSR count). The van der Waals surface area contributed by atoms with Crippen molar-refractivity contribution in [3.05, 3.63) is 11.3 Å². The van der Waals surface area contributed by atoms with E-state index in [1.54, 1.807) is 0 Å². The number of nitrogens with two attached hydrogens (primary N) is 1. The minimum Gasteiger partial charge on any atom is -0.384 e. The van der Waals surface area contributed by atoms with Crippen molar-refractivity contribution in [2.75, 3.05) is 5.73 Å². The number of anilines is 1. The molecule has 0 spiro atoms. The number of unbranched alkanes of at least 4 members (excludes halogenated alkanes) is 1. The maximum absolute atomic E-state index is 6.04. The molecule has 0 amide bonds. The van der Waals surface area contributed by atoms with Crippen LogP contribution in [0.5, 0.6) is 0 Å². The van der Waals surface area contributed by atoms with Crippen LogP contribution in [0.25, 0.3) is 0 Å². The zero-order valence-corrected chi connectivity index (χ0v) is 11.1. The van der Waals surface area contributed by atoms with Crippen LogP contribution in [0.1, 0.15) is 63.6 Å². The van der Waals surface area contributed by atoms with Crippen LogP contribution in [0.3, 0.4) is 0 Å². The van der Waals surface area contributed by atoms with Crippen molar-refractivity contribution in [3.8, 4) is 0 Å². The Morgan fingerprint density at radius 3 is 2.50 bits per heavy atom. The van der Waals surface area contributed by atoms with Crippen LogP contribution in [0.15, 0.2) is 0 Å². The van der Waals surface area contributed by atoms with Crippen molar-refractivity contribution in [2.45, 2.75) is 58.8 Å². The molecule has 0 bridgehead atoms. The molecule has 0 radical (unpaired) electrons. The Kier molecular flexibility index (Phi) is 4.84. The Morgan fingerprint density at radius 1 is 1.31 bits per heavy atom. The lowest BCUT2D eigenvalue weighted by molar-refractivity contribution is 0.545. The first kappa shape index (κ1) is 13.1. The van der Waals surface area contributed by atoms with Gasteiger partial charge in [-0.25, -0.2) is 0 Å². The highest BCUT2D eigenvalue weighted by atomic mass is 15.3. The van der Waals surface area contributed by atoms with E-state index in [-0.39, 0.29) is 0 Å². The summed E-state index contributed by atoms with van der Waals surface area (Å²) in [5, 5.41) is 4.60. The van der Waals surface area contributed by atoms with Crippen molar-refractivity contribution < 1.29 is 0 Å². The van der Waals surface area contributed by atoms with Crippen LogP contribution in [0.2, 0.25) is 0 Å². The molecule has 1 heterocycles. The third kappa shape index (κ3) is 2.57. The van der Waals surface area contributed by atoms with E-state index in [1.165, 1.54) is 30.5 Å². The Labute approximate surface area is 99.0 Å². The van der Waals surface area contributed by atoms with Gasteiger partial charge < -0.3 is 5.73 Å². The molecule has 3 heteroatoms. The summed E-state index contributed by atoms with van der Waals surface area (Å²) in [7, 11) is 1.94. The molecule has 0 saturated heterocycles. The lowest BCUT2D eigenvalue weighted by atomic mass is 9.92. The second-order valence-electron chi connectivity index (χ2n) is 4.47. The lowest BCUT2D eigenvalue weighted by Gasteiger charge is -2.13. The third-order valence-corrected chi connectivity index (χ3v) is 3.36. The Balaban J connectivity index is 2.95. The first-order valence-electron chi connectivity index (χ1n) is 6.46. The Bertz CT molecular complexity index is 328. The first-order valence-corrected chi connectivity index (χ1v) is 6.46. The summed E-state index contributed by atoms with van der Waals surface area (Å²) in [6.07, 6.45) is 5.90. The van der Waals surface area contributed by atoms with E-state index in [4.69, 9.17) is 5.73 Å². The lowest BCUT2D eigenvalue weighted by Crippen LogP contribution is -2.02. The summed E-state index contributed by atoms with van der Waals surface area (Å²) in [6, 6.07) is 0. The maximum atomic E-state index is 6.04. The van der Waals surface area contributed by atoms with E-state index >= 15 is 0 Å². The number of aromatic nitrogens is 2. The molecule has 1 atom stereocenters. The van der Waals surface area contributed by atoms with E-state index in [1.807, 2.05) is 11.7 Å². The molecule has 0 aromatic carbocycles. The second kappa shape index (κ2) is 5.92. The van der Waals surface area contributed by atoms with Crippen LogP contribution < -0.4 is 5.73 Å². The summed E-state index contributed by atoms with van der Waals surface area (Å²) in [4.78, 5) is 0. The molecule has 3 nitrogen and oxygen atoms in total.